The van der Waals surface area contributed by atoms with Crippen LogP contribution in [0.15, 0.2) is 23.1 Å². The second-order valence-corrected chi connectivity index (χ2v) is 3.34. The van der Waals surface area contributed by atoms with Crippen LogP contribution in [-0.2, 0) is 4.74 Å². The second kappa shape index (κ2) is 4.23. The molecule has 0 fully saturated rings. The lowest BCUT2D eigenvalue weighted by atomic mass is 10.3. The van der Waals surface area contributed by atoms with Crippen molar-refractivity contribution in [1.29, 1.82) is 0 Å². The summed E-state index contributed by atoms with van der Waals surface area (Å²) in [7, 11) is 1.66. The Bertz CT molecular complexity index is 265. The lowest BCUT2D eigenvalue weighted by Crippen LogP contribution is -1.94. The van der Waals surface area contributed by atoms with E-state index in [4.69, 9.17) is 16.2 Å². The van der Waals surface area contributed by atoms with Gasteiger partial charge < -0.3 is 16.2 Å². The number of methoxy groups -OCH3 is 1. The summed E-state index contributed by atoms with van der Waals surface area (Å²) in [5.74, 6) is 0.628. The van der Waals surface area contributed by atoms with E-state index in [0.29, 0.717) is 17.3 Å². The number of hydrogen-bond donors (Lipinski definition) is 2. The van der Waals surface area contributed by atoms with E-state index in [2.05, 4.69) is 0 Å². The fraction of sp³-hybridized carbons (Fsp3) is 0.250. The van der Waals surface area contributed by atoms with Gasteiger partial charge in [-0.05, 0) is 18.2 Å². The minimum Gasteiger partial charge on any atom is -0.397 e. The zero-order valence-electron chi connectivity index (χ0n) is 6.91. The molecule has 4 heteroatoms. The molecule has 4 N–H and O–H groups in total. The highest BCUT2D eigenvalue weighted by atomic mass is 32.2. The van der Waals surface area contributed by atoms with Gasteiger partial charge >= 0.3 is 0 Å². The average molecular weight is 184 g/mol. The summed E-state index contributed by atoms with van der Waals surface area (Å²) >= 11 is 1.59. The number of benzene rings is 1. The Balaban J connectivity index is 2.69. The molecule has 1 aromatic rings. The number of anilines is 2. The molecule has 0 saturated carbocycles. The van der Waals surface area contributed by atoms with Crippen LogP contribution in [0.5, 0.6) is 0 Å². The van der Waals surface area contributed by atoms with Gasteiger partial charge in [-0.15, -0.1) is 0 Å². The van der Waals surface area contributed by atoms with Crippen molar-refractivity contribution in [3.63, 3.8) is 0 Å². The lowest BCUT2D eigenvalue weighted by Gasteiger charge is -2.03. The molecule has 0 atom stereocenters. The van der Waals surface area contributed by atoms with Gasteiger partial charge in [0.1, 0.15) is 0 Å². The summed E-state index contributed by atoms with van der Waals surface area (Å²) in [6.07, 6.45) is 0. The van der Waals surface area contributed by atoms with Crippen molar-refractivity contribution in [3.05, 3.63) is 18.2 Å². The van der Waals surface area contributed by atoms with Gasteiger partial charge in [0.05, 0.1) is 17.3 Å². The number of nitrogens with two attached hydrogens (primary N) is 2. The van der Waals surface area contributed by atoms with Gasteiger partial charge in [0, 0.05) is 12.0 Å². The minimum absolute atomic E-state index is 0.621. The van der Waals surface area contributed by atoms with Crippen molar-refractivity contribution in [2.24, 2.45) is 0 Å². The van der Waals surface area contributed by atoms with E-state index in [0.717, 1.165) is 4.90 Å². The van der Waals surface area contributed by atoms with Crippen LogP contribution in [0.25, 0.3) is 0 Å². The third kappa shape index (κ3) is 2.32. The van der Waals surface area contributed by atoms with E-state index in [1.165, 1.54) is 0 Å². The Labute approximate surface area is 76.1 Å². The van der Waals surface area contributed by atoms with Gasteiger partial charge in [0.15, 0.2) is 0 Å². The third-order valence-corrected chi connectivity index (χ3v) is 2.34. The molecule has 0 aliphatic heterocycles. The second-order valence-electron chi connectivity index (χ2n) is 2.34. The monoisotopic (exact) mass is 184 g/mol. The summed E-state index contributed by atoms with van der Waals surface area (Å²) in [6.45, 7) is 0. The molecule has 0 radical (unpaired) electrons. The van der Waals surface area contributed by atoms with Crippen molar-refractivity contribution in [2.75, 3.05) is 24.5 Å². The van der Waals surface area contributed by atoms with Crippen LogP contribution < -0.4 is 11.5 Å². The number of hydrogen-bond acceptors (Lipinski definition) is 4. The standard InChI is InChI=1S/C8H12N2OS/c1-11-5-12-6-2-3-7(9)8(10)4-6/h2-4H,5,9-10H2,1H3. The smallest absolute Gasteiger partial charge is 0.0963 e. The van der Waals surface area contributed by atoms with E-state index in [1.807, 2.05) is 12.1 Å². The van der Waals surface area contributed by atoms with Crippen LogP contribution in [0.1, 0.15) is 0 Å². The van der Waals surface area contributed by atoms with Crippen molar-refractivity contribution in [2.45, 2.75) is 4.90 Å². The maximum atomic E-state index is 5.61. The van der Waals surface area contributed by atoms with E-state index in [9.17, 15) is 0 Å². The SMILES string of the molecule is COCSc1ccc(N)c(N)c1. The van der Waals surface area contributed by atoms with Gasteiger partial charge in [-0.3, -0.25) is 0 Å². The predicted molar refractivity (Wildman–Crippen MR) is 53.0 cm³/mol. The molecule has 0 heterocycles. The number of thioether (sulfide) groups is 1. The van der Waals surface area contributed by atoms with E-state index in [1.54, 1.807) is 24.9 Å². The molecule has 1 rings (SSSR count). The van der Waals surface area contributed by atoms with Gasteiger partial charge in [0.25, 0.3) is 0 Å². The van der Waals surface area contributed by atoms with Crippen LogP contribution >= 0.6 is 11.8 Å². The molecule has 66 valence electrons. The molecule has 0 unspecified atom stereocenters. The summed E-state index contributed by atoms with van der Waals surface area (Å²) in [5, 5.41) is 0. The Kier molecular flexibility index (Phi) is 3.25. The zero-order chi connectivity index (χ0) is 8.97. The highest BCUT2D eigenvalue weighted by Crippen LogP contribution is 2.23. The van der Waals surface area contributed by atoms with Crippen LogP contribution in [0.3, 0.4) is 0 Å². The van der Waals surface area contributed by atoms with Crippen molar-refractivity contribution < 1.29 is 4.74 Å². The summed E-state index contributed by atoms with van der Waals surface area (Å²) in [4.78, 5) is 1.07. The van der Waals surface area contributed by atoms with Crippen LogP contribution in [0.2, 0.25) is 0 Å². The third-order valence-electron chi connectivity index (χ3n) is 1.40. The summed E-state index contributed by atoms with van der Waals surface area (Å²) in [6, 6.07) is 5.57. The van der Waals surface area contributed by atoms with E-state index in [-0.39, 0.29) is 0 Å². The molecule has 0 aliphatic carbocycles. The predicted octanol–water partition coefficient (Wildman–Crippen LogP) is 1.55. The normalized spacial score (nSPS) is 10.1. The highest BCUT2D eigenvalue weighted by molar-refractivity contribution is 7.99. The molecular weight excluding hydrogens is 172 g/mol. The zero-order valence-corrected chi connectivity index (χ0v) is 7.73. The lowest BCUT2D eigenvalue weighted by molar-refractivity contribution is 0.259. The first-order chi connectivity index (χ1) is 5.74. The molecule has 0 spiro atoms. The fourth-order valence-corrected chi connectivity index (χ4v) is 1.40. The highest BCUT2D eigenvalue weighted by Gasteiger charge is 1.96. The van der Waals surface area contributed by atoms with Gasteiger partial charge in [-0.25, -0.2) is 0 Å². The Morgan fingerprint density at radius 3 is 2.67 bits per heavy atom. The Morgan fingerprint density at radius 1 is 1.33 bits per heavy atom. The van der Waals surface area contributed by atoms with Gasteiger partial charge in [0.2, 0.25) is 0 Å². The molecule has 0 aliphatic rings. The number of nitrogen functional groups attached to an aromatic ring is 2. The summed E-state index contributed by atoms with van der Waals surface area (Å²) < 4.78 is 4.91. The van der Waals surface area contributed by atoms with Crippen LogP contribution in [-0.4, -0.2) is 13.0 Å². The first kappa shape index (κ1) is 9.22. The Morgan fingerprint density at radius 2 is 2.08 bits per heavy atom. The van der Waals surface area contributed by atoms with Crippen molar-refractivity contribution in [1.82, 2.24) is 0 Å². The average Bonchev–Trinajstić information content (AvgIpc) is 2.07. The minimum atomic E-state index is 0.621. The van der Waals surface area contributed by atoms with Crippen LogP contribution in [0.4, 0.5) is 11.4 Å². The van der Waals surface area contributed by atoms with E-state index < -0.39 is 0 Å². The molecule has 12 heavy (non-hydrogen) atoms. The van der Waals surface area contributed by atoms with Gasteiger partial charge in [-0.1, -0.05) is 11.8 Å². The molecule has 0 bridgehead atoms. The molecule has 3 nitrogen and oxygen atoms in total. The van der Waals surface area contributed by atoms with Crippen molar-refractivity contribution >= 4 is 23.1 Å². The fourth-order valence-electron chi connectivity index (χ4n) is 0.770. The number of rotatable bonds is 3. The van der Waals surface area contributed by atoms with Gasteiger partial charge in [-0.2, -0.15) is 0 Å². The first-order valence-electron chi connectivity index (χ1n) is 3.51. The molecule has 0 aromatic heterocycles. The quantitative estimate of drug-likeness (QED) is 0.425. The number of ether oxygens (including phenoxy) is 1. The van der Waals surface area contributed by atoms with Crippen molar-refractivity contribution in [3.8, 4) is 0 Å². The summed E-state index contributed by atoms with van der Waals surface area (Å²) in [5.41, 5.74) is 12.4. The van der Waals surface area contributed by atoms with Crippen LogP contribution in [0, 0.1) is 0 Å². The maximum Gasteiger partial charge on any atom is 0.0963 e. The molecule has 0 saturated heterocycles. The topological polar surface area (TPSA) is 61.3 Å². The Hall–Kier alpha value is -0.870. The maximum absolute atomic E-state index is 5.61. The first-order valence-corrected chi connectivity index (χ1v) is 4.49. The molecular formula is C8H12N2OS. The van der Waals surface area contributed by atoms with E-state index >= 15 is 0 Å². The molecule has 1 aromatic carbocycles. The largest absolute Gasteiger partial charge is 0.397 e. The molecule has 0 amide bonds.